The van der Waals surface area contributed by atoms with Crippen molar-refractivity contribution in [1.29, 1.82) is 0 Å². The van der Waals surface area contributed by atoms with Gasteiger partial charge in [0.2, 0.25) is 0 Å². The van der Waals surface area contributed by atoms with Gasteiger partial charge in [-0.1, -0.05) is 34.8 Å². The lowest BCUT2D eigenvalue weighted by Crippen LogP contribution is -2.40. The van der Waals surface area contributed by atoms with Gasteiger partial charge >= 0.3 is 0 Å². The molecule has 1 N–H and O–H groups in total. The Morgan fingerprint density at radius 1 is 1.21 bits per heavy atom. The van der Waals surface area contributed by atoms with E-state index < -0.39 is 0 Å². The van der Waals surface area contributed by atoms with Crippen molar-refractivity contribution in [2.45, 2.75) is 13.3 Å². The van der Waals surface area contributed by atoms with E-state index in [2.05, 4.69) is 9.97 Å². The summed E-state index contributed by atoms with van der Waals surface area (Å²) in [6.45, 7) is 4.17. The van der Waals surface area contributed by atoms with Crippen LogP contribution in [-0.4, -0.2) is 47.1 Å². The molecule has 0 saturated carbocycles. The number of morpholine rings is 1. The summed E-state index contributed by atoms with van der Waals surface area (Å²) in [4.78, 5) is 22.2. The molecule has 0 radical (unpaired) electrons. The highest BCUT2D eigenvalue weighted by molar-refractivity contribution is 6.38. The molecule has 8 heteroatoms. The molecule has 28 heavy (non-hydrogen) atoms. The topological polar surface area (TPSA) is 58.2 Å². The summed E-state index contributed by atoms with van der Waals surface area (Å²) in [5, 5.41) is 2.33. The number of H-pyrrole nitrogens is 1. The number of hydrogen-bond acceptors (Lipinski definition) is 3. The lowest BCUT2D eigenvalue weighted by Gasteiger charge is -2.27. The van der Waals surface area contributed by atoms with Crippen LogP contribution in [0, 0.1) is 6.92 Å². The predicted octanol–water partition coefficient (Wildman–Crippen LogP) is 4.89. The molecule has 5 nitrogen and oxygen atoms in total. The van der Waals surface area contributed by atoms with Gasteiger partial charge in [-0.25, -0.2) is 4.98 Å². The van der Waals surface area contributed by atoms with E-state index in [1.165, 1.54) is 0 Å². The van der Waals surface area contributed by atoms with Crippen molar-refractivity contribution >= 4 is 51.7 Å². The molecule has 1 aromatic carbocycles. The zero-order valence-corrected chi connectivity index (χ0v) is 17.5. The molecule has 146 valence electrons. The third-order valence-corrected chi connectivity index (χ3v) is 5.89. The Kier molecular flexibility index (Phi) is 5.52. The van der Waals surface area contributed by atoms with E-state index in [1.807, 2.05) is 19.1 Å². The van der Waals surface area contributed by atoms with Gasteiger partial charge in [-0.3, -0.25) is 4.79 Å². The molecule has 4 rings (SSSR count). The second-order valence-corrected chi connectivity index (χ2v) is 7.96. The average molecular weight is 439 g/mol. The number of benzene rings is 1. The van der Waals surface area contributed by atoms with Crippen LogP contribution in [0.1, 0.15) is 27.2 Å². The minimum absolute atomic E-state index is 0.104. The van der Waals surface area contributed by atoms with Crippen LogP contribution in [0.15, 0.2) is 24.3 Å². The number of rotatable bonds is 3. The fraction of sp³-hybridized carbons (Fsp3) is 0.300. The first kappa shape index (κ1) is 19.5. The van der Waals surface area contributed by atoms with Gasteiger partial charge in [-0.05, 0) is 42.3 Å². The van der Waals surface area contributed by atoms with Gasteiger partial charge in [-0.15, -0.1) is 0 Å². The quantitative estimate of drug-likeness (QED) is 0.592. The molecule has 1 fully saturated rings. The number of carbonyl (C=O) groups is 1. The van der Waals surface area contributed by atoms with Gasteiger partial charge in [0.25, 0.3) is 5.91 Å². The largest absolute Gasteiger partial charge is 0.378 e. The molecule has 1 amide bonds. The van der Waals surface area contributed by atoms with Crippen molar-refractivity contribution in [3.8, 4) is 0 Å². The van der Waals surface area contributed by atoms with E-state index in [9.17, 15) is 4.79 Å². The fourth-order valence-electron chi connectivity index (χ4n) is 3.43. The second-order valence-electron chi connectivity index (χ2n) is 6.79. The summed E-state index contributed by atoms with van der Waals surface area (Å²) in [6, 6.07) is 7.24. The molecule has 0 spiro atoms. The lowest BCUT2D eigenvalue weighted by molar-refractivity contribution is 0.0303. The number of amides is 1. The maximum Gasteiger partial charge on any atom is 0.255 e. The number of hydrogen-bond donors (Lipinski definition) is 1. The number of ether oxygens (including phenoxy) is 1. The van der Waals surface area contributed by atoms with Crippen molar-refractivity contribution in [2.75, 3.05) is 26.3 Å². The first-order chi connectivity index (χ1) is 13.4. The molecule has 0 atom stereocenters. The SMILES string of the molecule is Cc1cc(Cl)nc2[nH]c(Cc3c(Cl)ccc(C(=O)N4CCOCC4)c3Cl)cc12. The second kappa shape index (κ2) is 7.91. The minimum Gasteiger partial charge on any atom is -0.378 e. The van der Waals surface area contributed by atoms with Crippen LogP contribution in [-0.2, 0) is 11.2 Å². The van der Waals surface area contributed by atoms with E-state index in [1.54, 1.807) is 17.0 Å². The summed E-state index contributed by atoms with van der Waals surface area (Å²) < 4.78 is 5.32. The van der Waals surface area contributed by atoms with Crippen LogP contribution in [0.25, 0.3) is 11.0 Å². The van der Waals surface area contributed by atoms with Gasteiger partial charge < -0.3 is 14.6 Å². The summed E-state index contributed by atoms with van der Waals surface area (Å²) in [5.74, 6) is -0.104. The monoisotopic (exact) mass is 437 g/mol. The number of aromatic nitrogens is 2. The molecule has 0 bridgehead atoms. The average Bonchev–Trinajstić information content (AvgIpc) is 3.08. The van der Waals surface area contributed by atoms with Crippen LogP contribution in [0.3, 0.4) is 0 Å². The number of aryl methyl sites for hydroxylation is 1. The first-order valence-electron chi connectivity index (χ1n) is 8.92. The summed E-state index contributed by atoms with van der Waals surface area (Å²) in [7, 11) is 0. The molecular formula is C20H18Cl3N3O2. The molecule has 1 aliphatic rings. The van der Waals surface area contributed by atoms with Crippen molar-refractivity contribution in [1.82, 2.24) is 14.9 Å². The Morgan fingerprint density at radius 2 is 1.96 bits per heavy atom. The summed E-state index contributed by atoms with van der Waals surface area (Å²) in [6.07, 6.45) is 0.454. The Morgan fingerprint density at radius 3 is 2.71 bits per heavy atom. The zero-order valence-electron chi connectivity index (χ0n) is 15.2. The van der Waals surface area contributed by atoms with Crippen LogP contribution in [0.5, 0.6) is 0 Å². The highest BCUT2D eigenvalue weighted by Crippen LogP contribution is 2.32. The van der Waals surface area contributed by atoms with Gasteiger partial charge in [0.15, 0.2) is 0 Å². The molecule has 3 aromatic rings. The van der Waals surface area contributed by atoms with Crippen LogP contribution >= 0.6 is 34.8 Å². The summed E-state index contributed by atoms with van der Waals surface area (Å²) in [5.41, 5.74) is 3.81. The molecule has 3 heterocycles. The van der Waals surface area contributed by atoms with E-state index in [4.69, 9.17) is 39.5 Å². The third-order valence-electron chi connectivity index (χ3n) is 4.91. The number of nitrogens with one attached hydrogen (secondary N) is 1. The van der Waals surface area contributed by atoms with Gasteiger partial charge in [0.1, 0.15) is 10.8 Å². The van der Waals surface area contributed by atoms with Crippen molar-refractivity contribution in [2.24, 2.45) is 0 Å². The maximum atomic E-state index is 12.9. The number of carbonyl (C=O) groups excluding carboxylic acids is 1. The molecular weight excluding hydrogens is 421 g/mol. The normalized spacial score (nSPS) is 14.6. The number of halogens is 3. The van der Waals surface area contributed by atoms with E-state index in [0.29, 0.717) is 64.7 Å². The number of aromatic amines is 1. The maximum absolute atomic E-state index is 12.9. The van der Waals surface area contributed by atoms with Crippen molar-refractivity contribution < 1.29 is 9.53 Å². The van der Waals surface area contributed by atoms with E-state index in [0.717, 1.165) is 16.6 Å². The number of pyridine rings is 1. The van der Waals surface area contributed by atoms with Crippen molar-refractivity contribution in [3.63, 3.8) is 0 Å². The first-order valence-corrected chi connectivity index (χ1v) is 10.1. The van der Waals surface area contributed by atoms with E-state index in [-0.39, 0.29) is 5.91 Å². The van der Waals surface area contributed by atoms with Crippen LogP contribution in [0.4, 0.5) is 0 Å². The highest BCUT2D eigenvalue weighted by atomic mass is 35.5. The predicted molar refractivity (Wildman–Crippen MR) is 112 cm³/mol. The van der Waals surface area contributed by atoms with Gasteiger partial charge in [-0.2, -0.15) is 0 Å². The number of fused-ring (bicyclic) bond motifs is 1. The van der Waals surface area contributed by atoms with Gasteiger partial charge in [0.05, 0.1) is 23.8 Å². The van der Waals surface area contributed by atoms with Gasteiger partial charge in [0, 0.05) is 35.6 Å². The molecule has 2 aromatic heterocycles. The molecule has 1 saturated heterocycles. The highest BCUT2D eigenvalue weighted by Gasteiger charge is 2.23. The zero-order chi connectivity index (χ0) is 19.8. The third kappa shape index (κ3) is 3.72. The summed E-state index contributed by atoms with van der Waals surface area (Å²) >= 11 is 19.1. The fourth-order valence-corrected chi connectivity index (χ4v) is 4.26. The smallest absolute Gasteiger partial charge is 0.255 e. The van der Waals surface area contributed by atoms with E-state index >= 15 is 0 Å². The Bertz CT molecular complexity index is 1060. The van der Waals surface area contributed by atoms with Crippen LogP contribution in [0.2, 0.25) is 15.2 Å². The minimum atomic E-state index is -0.104. The standard InChI is InChI=1S/C20H18Cl3N3O2/c1-11-8-17(22)25-19-14(11)9-12(24-19)10-15-16(21)3-2-13(18(15)23)20(27)26-4-6-28-7-5-26/h2-3,8-9H,4-7,10H2,1H3,(H,24,25). The lowest BCUT2D eigenvalue weighted by atomic mass is 10.0. The van der Waals surface area contributed by atoms with Crippen molar-refractivity contribution in [3.05, 3.63) is 61.8 Å². The Labute approximate surface area is 177 Å². The molecule has 1 aliphatic heterocycles. The van der Waals surface area contributed by atoms with Crippen LogP contribution < -0.4 is 0 Å². The Balaban J connectivity index is 1.68. The number of nitrogens with zero attached hydrogens (tertiary/aromatic N) is 2. The Hall–Kier alpha value is -1.79. The molecule has 0 aliphatic carbocycles. The molecule has 0 unspecified atom stereocenters.